The van der Waals surface area contributed by atoms with Crippen LogP contribution in [0.5, 0.6) is 0 Å². The molecule has 0 aliphatic heterocycles. The number of hydrogen-bond acceptors (Lipinski definition) is 2. The lowest BCUT2D eigenvalue weighted by atomic mass is 10.1. The van der Waals surface area contributed by atoms with Crippen LogP contribution in [0.15, 0.2) is 48.5 Å². The van der Waals surface area contributed by atoms with Gasteiger partial charge in [0.25, 0.3) is 5.91 Å². The van der Waals surface area contributed by atoms with E-state index in [0.717, 1.165) is 16.8 Å². The van der Waals surface area contributed by atoms with Gasteiger partial charge in [0.1, 0.15) is 6.17 Å². The van der Waals surface area contributed by atoms with Crippen LogP contribution >= 0.6 is 34.8 Å². The summed E-state index contributed by atoms with van der Waals surface area (Å²) in [6, 6.07) is 14.7. The number of amides is 1. The van der Waals surface area contributed by atoms with E-state index in [-0.39, 0.29) is 5.91 Å². The van der Waals surface area contributed by atoms with Gasteiger partial charge in [0.05, 0.1) is 0 Å². The van der Waals surface area contributed by atoms with Crippen molar-refractivity contribution in [2.24, 2.45) is 0 Å². The molecule has 0 spiro atoms. The van der Waals surface area contributed by atoms with Crippen LogP contribution in [0.2, 0.25) is 0 Å². The summed E-state index contributed by atoms with van der Waals surface area (Å²) in [5, 5.41) is 5.74. The maximum Gasteiger partial charge on any atom is 0.252 e. The SMILES string of the molecule is Cc1ccc(N[C@H](NC(=O)c2ccc(C)cc2)C(Cl)(Cl)Cl)cc1. The predicted molar refractivity (Wildman–Crippen MR) is 97.5 cm³/mol. The van der Waals surface area contributed by atoms with Gasteiger partial charge in [-0.1, -0.05) is 70.2 Å². The zero-order chi connectivity index (χ0) is 17.0. The summed E-state index contributed by atoms with van der Waals surface area (Å²) in [4.78, 5) is 12.3. The summed E-state index contributed by atoms with van der Waals surface area (Å²) >= 11 is 18.0. The molecule has 0 unspecified atom stereocenters. The summed E-state index contributed by atoms with van der Waals surface area (Å²) < 4.78 is -1.70. The van der Waals surface area contributed by atoms with Crippen LogP contribution in [0, 0.1) is 13.8 Å². The molecule has 0 saturated heterocycles. The first-order valence-corrected chi connectivity index (χ1v) is 8.16. The first-order valence-electron chi connectivity index (χ1n) is 7.03. The fourth-order valence-corrected chi connectivity index (χ4v) is 2.26. The van der Waals surface area contributed by atoms with E-state index in [0.29, 0.717) is 5.56 Å². The number of carbonyl (C=O) groups excluding carboxylic acids is 1. The van der Waals surface area contributed by atoms with Gasteiger partial charge in [-0.25, -0.2) is 0 Å². The van der Waals surface area contributed by atoms with E-state index in [1.165, 1.54) is 0 Å². The number of hydrogen-bond donors (Lipinski definition) is 2. The zero-order valence-electron chi connectivity index (χ0n) is 12.7. The van der Waals surface area contributed by atoms with Crippen molar-refractivity contribution < 1.29 is 4.79 Å². The maximum absolute atomic E-state index is 12.3. The van der Waals surface area contributed by atoms with E-state index < -0.39 is 9.96 Å². The van der Waals surface area contributed by atoms with E-state index in [1.807, 2.05) is 50.2 Å². The number of anilines is 1. The van der Waals surface area contributed by atoms with Crippen molar-refractivity contribution in [3.8, 4) is 0 Å². The lowest BCUT2D eigenvalue weighted by Gasteiger charge is -2.27. The largest absolute Gasteiger partial charge is 0.362 e. The minimum absolute atomic E-state index is 0.319. The molecular weight excluding hydrogens is 355 g/mol. The molecule has 0 aliphatic rings. The Hall–Kier alpha value is -1.42. The third-order valence-corrected chi connectivity index (χ3v) is 3.93. The number of nitrogens with one attached hydrogen (secondary N) is 2. The highest BCUT2D eigenvalue weighted by molar-refractivity contribution is 6.68. The molecule has 0 radical (unpaired) electrons. The maximum atomic E-state index is 12.3. The lowest BCUT2D eigenvalue weighted by Crippen LogP contribution is -2.49. The number of benzene rings is 2. The highest BCUT2D eigenvalue weighted by Crippen LogP contribution is 2.31. The molecule has 2 N–H and O–H groups in total. The molecular formula is C17H17Cl3N2O. The Morgan fingerprint density at radius 2 is 1.39 bits per heavy atom. The Bertz CT molecular complexity index is 664. The van der Waals surface area contributed by atoms with Crippen LogP contribution in [-0.2, 0) is 0 Å². The third-order valence-electron chi connectivity index (χ3n) is 3.28. The van der Waals surface area contributed by atoms with Crippen LogP contribution in [0.4, 0.5) is 5.69 Å². The van der Waals surface area contributed by atoms with Crippen molar-refractivity contribution in [1.82, 2.24) is 5.32 Å². The molecule has 122 valence electrons. The van der Waals surface area contributed by atoms with E-state index >= 15 is 0 Å². The van der Waals surface area contributed by atoms with Crippen molar-refractivity contribution >= 4 is 46.4 Å². The molecule has 0 bridgehead atoms. The number of halogens is 3. The smallest absolute Gasteiger partial charge is 0.252 e. The fraction of sp³-hybridized carbons (Fsp3) is 0.235. The molecule has 2 aromatic carbocycles. The Balaban J connectivity index is 2.14. The van der Waals surface area contributed by atoms with Crippen LogP contribution in [-0.4, -0.2) is 15.9 Å². The Kier molecular flexibility index (Phi) is 5.79. The van der Waals surface area contributed by atoms with Crippen molar-refractivity contribution in [1.29, 1.82) is 0 Å². The predicted octanol–water partition coefficient (Wildman–Crippen LogP) is 4.84. The van der Waals surface area contributed by atoms with E-state index in [4.69, 9.17) is 34.8 Å². The van der Waals surface area contributed by atoms with Crippen LogP contribution < -0.4 is 10.6 Å². The number of rotatable bonds is 4. The first-order chi connectivity index (χ1) is 10.8. The standard InChI is InChI=1S/C17H17Cl3N2O/c1-11-3-7-13(8-4-11)15(23)22-16(17(18,19)20)21-14-9-5-12(2)6-10-14/h3-10,16,21H,1-2H3,(H,22,23)/t16-/m1/s1. The molecule has 0 fully saturated rings. The van der Waals surface area contributed by atoms with Gasteiger partial charge in [-0.2, -0.15) is 0 Å². The third kappa shape index (κ3) is 5.31. The highest BCUT2D eigenvalue weighted by Gasteiger charge is 2.34. The molecule has 0 aromatic heterocycles. The Morgan fingerprint density at radius 3 is 1.87 bits per heavy atom. The second-order valence-electron chi connectivity index (χ2n) is 5.32. The van der Waals surface area contributed by atoms with E-state index in [9.17, 15) is 4.79 Å². The summed E-state index contributed by atoms with van der Waals surface area (Å²) in [5.74, 6) is -0.319. The minimum atomic E-state index is -1.70. The van der Waals surface area contributed by atoms with Gasteiger partial charge >= 0.3 is 0 Å². The number of carbonyl (C=O) groups is 1. The second kappa shape index (κ2) is 7.43. The van der Waals surface area contributed by atoms with Crippen molar-refractivity contribution in [3.05, 3.63) is 65.2 Å². The molecule has 23 heavy (non-hydrogen) atoms. The zero-order valence-corrected chi connectivity index (χ0v) is 15.0. The van der Waals surface area contributed by atoms with Crippen LogP contribution in [0.25, 0.3) is 0 Å². The Morgan fingerprint density at radius 1 is 0.913 bits per heavy atom. The molecule has 1 amide bonds. The van der Waals surface area contributed by atoms with Gasteiger partial charge in [-0.05, 0) is 38.1 Å². The second-order valence-corrected chi connectivity index (χ2v) is 7.69. The average Bonchev–Trinajstić information content (AvgIpc) is 2.48. The van der Waals surface area contributed by atoms with Gasteiger partial charge in [0.15, 0.2) is 0 Å². The van der Waals surface area contributed by atoms with Gasteiger partial charge in [0.2, 0.25) is 3.79 Å². The summed E-state index contributed by atoms with van der Waals surface area (Å²) in [5.41, 5.74) is 3.43. The normalized spacial score (nSPS) is 12.6. The van der Waals surface area contributed by atoms with Gasteiger partial charge in [0, 0.05) is 11.3 Å². The highest BCUT2D eigenvalue weighted by atomic mass is 35.6. The van der Waals surface area contributed by atoms with Gasteiger partial charge < -0.3 is 10.6 Å². The van der Waals surface area contributed by atoms with Crippen molar-refractivity contribution in [3.63, 3.8) is 0 Å². The Labute approximate surface area is 150 Å². The van der Waals surface area contributed by atoms with Gasteiger partial charge in [-0.3, -0.25) is 4.79 Å². The number of alkyl halides is 3. The van der Waals surface area contributed by atoms with E-state index in [2.05, 4.69) is 10.6 Å². The van der Waals surface area contributed by atoms with Gasteiger partial charge in [-0.15, -0.1) is 0 Å². The summed E-state index contributed by atoms with van der Waals surface area (Å²) in [6.07, 6.45) is -0.871. The quantitative estimate of drug-likeness (QED) is 0.596. The van der Waals surface area contributed by atoms with Crippen LogP contribution in [0.1, 0.15) is 21.5 Å². The summed E-state index contributed by atoms with van der Waals surface area (Å²) in [7, 11) is 0. The van der Waals surface area contributed by atoms with Crippen molar-refractivity contribution in [2.45, 2.75) is 23.8 Å². The fourth-order valence-electron chi connectivity index (χ4n) is 1.94. The molecule has 1 atom stereocenters. The van der Waals surface area contributed by atoms with Crippen LogP contribution in [0.3, 0.4) is 0 Å². The lowest BCUT2D eigenvalue weighted by molar-refractivity contribution is 0.0942. The summed E-state index contributed by atoms with van der Waals surface area (Å²) in [6.45, 7) is 3.93. The topological polar surface area (TPSA) is 41.1 Å². The molecule has 0 saturated carbocycles. The first kappa shape index (κ1) is 17.9. The molecule has 0 heterocycles. The molecule has 3 nitrogen and oxygen atoms in total. The monoisotopic (exact) mass is 370 g/mol. The molecule has 0 aliphatic carbocycles. The molecule has 2 rings (SSSR count). The average molecular weight is 372 g/mol. The number of aryl methyl sites for hydroxylation is 2. The molecule has 2 aromatic rings. The van der Waals surface area contributed by atoms with Crippen molar-refractivity contribution in [2.75, 3.05) is 5.32 Å². The van der Waals surface area contributed by atoms with E-state index in [1.54, 1.807) is 12.1 Å². The minimum Gasteiger partial charge on any atom is -0.362 e. The molecule has 6 heteroatoms.